The average molecular weight is 255 g/mol. The van der Waals surface area contributed by atoms with Crippen molar-refractivity contribution in [3.63, 3.8) is 0 Å². The molecule has 0 aliphatic heterocycles. The molecule has 0 bridgehead atoms. The third-order valence-electron chi connectivity index (χ3n) is 1.44. The largest absolute Gasteiger partial charge is 0.227 e. The van der Waals surface area contributed by atoms with E-state index in [0.29, 0.717) is 0 Å². The van der Waals surface area contributed by atoms with E-state index < -0.39 is 25.3 Å². The minimum absolute atomic E-state index is 0.0454. The highest BCUT2D eigenvalue weighted by Gasteiger charge is 2.18. The normalized spacial score (nSPS) is 14.5. The van der Waals surface area contributed by atoms with E-state index in [2.05, 4.69) is 9.44 Å². The molecule has 0 radical (unpaired) electrons. The molecule has 1 unspecified atom stereocenters. The smallest absolute Gasteiger partial charge is 0.214 e. The molecule has 9 heteroatoms. The summed E-state index contributed by atoms with van der Waals surface area (Å²) in [7, 11) is -6.99. The van der Waals surface area contributed by atoms with Crippen molar-refractivity contribution in [2.24, 2.45) is 0 Å². The van der Waals surface area contributed by atoms with Crippen LogP contribution in [0.1, 0.15) is 6.92 Å². The molecule has 15 heavy (non-hydrogen) atoms. The zero-order chi connectivity index (χ0) is 12.1. The maximum absolute atomic E-state index is 11.2. The minimum Gasteiger partial charge on any atom is -0.214 e. The Morgan fingerprint density at radius 1 is 1.20 bits per heavy atom. The van der Waals surface area contributed by atoms with Gasteiger partial charge in [-0.15, -0.1) is 0 Å². The number of hydrogen-bond acceptors (Lipinski definition) is 5. The van der Waals surface area contributed by atoms with Gasteiger partial charge < -0.3 is 0 Å². The number of sulfonamides is 2. The van der Waals surface area contributed by atoms with Crippen molar-refractivity contribution < 1.29 is 16.8 Å². The van der Waals surface area contributed by atoms with E-state index in [4.69, 9.17) is 5.26 Å². The minimum atomic E-state index is -3.67. The Hall–Kier alpha value is -0.690. The van der Waals surface area contributed by atoms with Crippen LogP contribution in [0.25, 0.3) is 0 Å². The van der Waals surface area contributed by atoms with Crippen molar-refractivity contribution in [2.75, 3.05) is 19.3 Å². The van der Waals surface area contributed by atoms with Gasteiger partial charge in [-0.2, -0.15) is 5.26 Å². The fraction of sp³-hybridized carbons (Fsp3) is 0.833. The highest BCUT2D eigenvalue weighted by atomic mass is 32.2. The summed E-state index contributed by atoms with van der Waals surface area (Å²) in [5, 5.41) is 7.22. The van der Waals surface area contributed by atoms with Gasteiger partial charge in [-0.3, -0.25) is 0 Å². The summed E-state index contributed by atoms with van der Waals surface area (Å²) >= 11 is 0. The Balaban J connectivity index is 4.05. The number of nitrogens with zero attached hydrogens (tertiary/aromatic N) is 1. The van der Waals surface area contributed by atoms with Gasteiger partial charge in [0, 0.05) is 13.1 Å². The third kappa shape index (κ3) is 6.40. The van der Waals surface area contributed by atoms with Crippen LogP contribution in [0.4, 0.5) is 0 Å². The van der Waals surface area contributed by atoms with Gasteiger partial charge in [-0.25, -0.2) is 26.3 Å². The van der Waals surface area contributed by atoms with Crippen LogP contribution >= 0.6 is 0 Å². The van der Waals surface area contributed by atoms with Crippen LogP contribution in [-0.4, -0.2) is 41.4 Å². The molecule has 0 aromatic carbocycles. The molecular formula is C6H13N3O4S2. The number of nitriles is 1. The van der Waals surface area contributed by atoms with Crippen LogP contribution in [0.2, 0.25) is 0 Å². The predicted molar refractivity (Wildman–Crippen MR) is 54.8 cm³/mol. The lowest BCUT2D eigenvalue weighted by Crippen LogP contribution is -2.37. The zero-order valence-corrected chi connectivity index (χ0v) is 10.0. The molecule has 0 aliphatic carbocycles. The lowest BCUT2D eigenvalue weighted by Gasteiger charge is -2.07. The Morgan fingerprint density at radius 3 is 2.07 bits per heavy atom. The summed E-state index contributed by atoms with van der Waals surface area (Å²) in [6, 6.07) is 1.57. The SMILES string of the molecule is CC(C#N)S(=O)(=O)NCCNS(C)(=O)=O. The topological polar surface area (TPSA) is 116 Å². The molecule has 2 N–H and O–H groups in total. The van der Waals surface area contributed by atoms with E-state index in [-0.39, 0.29) is 13.1 Å². The molecular weight excluding hydrogens is 242 g/mol. The second-order valence-electron chi connectivity index (χ2n) is 2.88. The molecule has 0 fully saturated rings. The molecule has 0 saturated carbocycles. The molecule has 0 aromatic heterocycles. The highest BCUT2D eigenvalue weighted by molar-refractivity contribution is 7.90. The summed E-state index contributed by atoms with van der Waals surface area (Å²) in [5.41, 5.74) is 0. The molecule has 0 rings (SSSR count). The molecule has 88 valence electrons. The predicted octanol–water partition coefficient (Wildman–Crippen LogP) is -1.63. The first-order chi connectivity index (χ1) is 6.69. The zero-order valence-electron chi connectivity index (χ0n) is 8.39. The maximum Gasteiger partial charge on any atom is 0.227 e. The van der Waals surface area contributed by atoms with Gasteiger partial charge in [0.1, 0.15) is 0 Å². The second kappa shape index (κ2) is 5.41. The first kappa shape index (κ1) is 14.3. The monoisotopic (exact) mass is 255 g/mol. The van der Waals surface area contributed by atoms with Crippen molar-refractivity contribution in [1.82, 2.24) is 9.44 Å². The van der Waals surface area contributed by atoms with Crippen molar-refractivity contribution >= 4 is 20.0 Å². The second-order valence-corrected chi connectivity index (χ2v) is 6.80. The highest BCUT2D eigenvalue weighted by Crippen LogP contribution is 1.94. The standard InChI is InChI=1S/C6H13N3O4S2/c1-6(5-7)15(12,13)9-4-3-8-14(2,10)11/h6,8-9H,3-4H2,1-2H3. The molecule has 0 saturated heterocycles. The van der Waals surface area contributed by atoms with Gasteiger partial charge in [0.05, 0.1) is 12.3 Å². The lowest BCUT2D eigenvalue weighted by atomic mass is 10.5. The fourth-order valence-corrected chi connectivity index (χ4v) is 1.87. The van der Waals surface area contributed by atoms with Crippen LogP contribution in [0.3, 0.4) is 0 Å². The molecule has 0 amide bonds. The van der Waals surface area contributed by atoms with Crippen molar-refractivity contribution in [3.05, 3.63) is 0 Å². The first-order valence-corrected chi connectivity index (χ1v) is 7.45. The number of nitrogens with one attached hydrogen (secondary N) is 2. The number of rotatable bonds is 6. The molecule has 7 nitrogen and oxygen atoms in total. The van der Waals surface area contributed by atoms with E-state index in [0.717, 1.165) is 6.26 Å². The Bertz CT molecular complexity index is 433. The summed E-state index contributed by atoms with van der Waals surface area (Å²) < 4.78 is 47.8. The molecule has 0 aromatic rings. The Morgan fingerprint density at radius 2 is 1.67 bits per heavy atom. The lowest BCUT2D eigenvalue weighted by molar-refractivity contribution is 0.570. The van der Waals surface area contributed by atoms with Crippen LogP contribution < -0.4 is 9.44 Å². The van der Waals surface area contributed by atoms with Crippen LogP contribution in [-0.2, 0) is 20.0 Å². The summed E-state index contributed by atoms with van der Waals surface area (Å²) in [6.45, 7) is 1.12. The van der Waals surface area contributed by atoms with E-state index in [1.165, 1.54) is 6.92 Å². The van der Waals surface area contributed by atoms with Crippen LogP contribution in [0, 0.1) is 11.3 Å². The summed E-state index contributed by atoms with van der Waals surface area (Å²) in [4.78, 5) is 0. The van der Waals surface area contributed by atoms with Gasteiger partial charge in [-0.05, 0) is 6.92 Å². The fourth-order valence-electron chi connectivity index (χ4n) is 0.624. The Kier molecular flexibility index (Phi) is 5.16. The Labute approximate surface area is 89.6 Å². The number of hydrogen-bond donors (Lipinski definition) is 2. The van der Waals surface area contributed by atoms with Crippen molar-refractivity contribution in [3.8, 4) is 6.07 Å². The quantitative estimate of drug-likeness (QED) is 0.553. The van der Waals surface area contributed by atoms with Gasteiger partial charge in [0.15, 0.2) is 5.25 Å². The molecule has 0 aliphatic rings. The first-order valence-electron chi connectivity index (χ1n) is 4.02. The van der Waals surface area contributed by atoms with Crippen molar-refractivity contribution in [2.45, 2.75) is 12.2 Å². The molecule has 0 heterocycles. The maximum atomic E-state index is 11.2. The van der Waals surface area contributed by atoms with Gasteiger partial charge in [0.2, 0.25) is 20.0 Å². The van der Waals surface area contributed by atoms with E-state index in [1.54, 1.807) is 6.07 Å². The van der Waals surface area contributed by atoms with E-state index in [1.807, 2.05) is 0 Å². The van der Waals surface area contributed by atoms with Crippen LogP contribution in [0.15, 0.2) is 0 Å². The van der Waals surface area contributed by atoms with Gasteiger partial charge in [-0.1, -0.05) is 0 Å². The average Bonchev–Trinajstić information content (AvgIpc) is 2.09. The third-order valence-corrected chi connectivity index (χ3v) is 3.81. The summed E-state index contributed by atoms with van der Waals surface area (Å²) in [6.07, 6.45) is 0.972. The van der Waals surface area contributed by atoms with Crippen LogP contribution in [0.5, 0.6) is 0 Å². The van der Waals surface area contributed by atoms with E-state index >= 15 is 0 Å². The van der Waals surface area contributed by atoms with Gasteiger partial charge in [0.25, 0.3) is 0 Å². The van der Waals surface area contributed by atoms with Gasteiger partial charge >= 0.3 is 0 Å². The van der Waals surface area contributed by atoms with Crippen molar-refractivity contribution in [1.29, 1.82) is 5.26 Å². The van der Waals surface area contributed by atoms with E-state index in [9.17, 15) is 16.8 Å². The molecule has 0 spiro atoms. The molecule has 1 atom stereocenters. The summed E-state index contributed by atoms with van der Waals surface area (Å²) in [5.74, 6) is 0.